The quantitative estimate of drug-likeness (QED) is 0.592. The van der Waals surface area contributed by atoms with E-state index >= 15 is 0 Å². The molecule has 7 heteroatoms. The highest BCUT2D eigenvalue weighted by molar-refractivity contribution is 7.86. The first-order valence-corrected chi connectivity index (χ1v) is 11.9. The maximum absolute atomic E-state index is 12.6. The fourth-order valence-corrected chi connectivity index (χ4v) is 6.82. The minimum Gasteiger partial charge on any atom is -0.462 e. The molecule has 4 rings (SSSR count). The van der Waals surface area contributed by atoms with E-state index in [-0.39, 0.29) is 34.9 Å². The molecule has 2 saturated carbocycles. The number of rotatable bonds is 4. The zero-order chi connectivity index (χ0) is 21.0. The van der Waals surface area contributed by atoms with Crippen LogP contribution in [0.5, 0.6) is 0 Å². The van der Waals surface area contributed by atoms with Crippen LogP contribution < -0.4 is 0 Å². The van der Waals surface area contributed by atoms with Gasteiger partial charge in [0.25, 0.3) is 10.1 Å². The monoisotopic (exact) mass is 422 g/mol. The summed E-state index contributed by atoms with van der Waals surface area (Å²) in [4.78, 5) is 12.7. The highest BCUT2D eigenvalue weighted by Gasteiger charge is 2.57. The molecule has 29 heavy (non-hydrogen) atoms. The van der Waals surface area contributed by atoms with E-state index in [9.17, 15) is 18.3 Å². The first kappa shape index (κ1) is 20.8. The van der Waals surface area contributed by atoms with Gasteiger partial charge in [-0.1, -0.05) is 31.5 Å². The summed E-state index contributed by atoms with van der Waals surface area (Å²) in [7, 11) is -3.95. The highest BCUT2D eigenvalue weighted by Crippen LogP contribution is 2.57. The molecule has 0 radical (unpaired) electrons. The molecule has 3 aliphatic rings. The third-order valence-electron chi connectivity index (χ3n) is 7.60. The van der Waals surface area contributed by atoms with Crippen molar-refractivity contribution in [3.63, 3.8) is 0 Å². The van der Waals surface area contributed by atoms with Gasteiger partial charge in [0.2, 0.25) is 0 Å². The smallest absolute Gasteiger partial charge is 0.312 e. The van der Waals surface area contributed by atoms with Crippen molar-refractivity contribution in [3.8, 4) is 0 Å². The Labute approximate surface area is 172 Å². The Bertz CT molecular complexity index is 879. The molecular weight excluding hydrogens is 392 g/mol. The Balaban J connectivity index is 1.53. The normalized spacial score (nSPS) is 39.5. The highest BCUT2D eigenvalue weighted by atomic mass is 32.2. The van der Waals surface area contributed by atoms with Crippen LogP contribution in [-0.4, -0.2) is 38.3 Å². The van der Waals surface area contributed by atoms with E-state index in [2.05, 4.69) is 13.8 Å². The third-order valence-corrected chi connectivity index (χ3v) is 8.90. The maximum Gasteiger partial charge on any atom is 0.312 e. The number of benzene rings is 1. The first-order chi connectivity index (χ1) is 13.6. The van der Waals surface area contributed by atoms with Crippen molar-refractivity contribution in [2.75, 3.05) is 6.61 Å². The van der Waals surface area contributed by atoms with Gasteiger partial charge in [-0.2, -0.15) is 8.42 Å². The molecule has 0 amide bonds. The van der Waals surface area contributed by atoms with Gasteiger partial charge in [0.05, 0.1) is 23.5 Å². The molecule has 1 aromatic rings. The lowest BCUT2D eigenvalue weighted by molar-refractivity contribution is -0.145. The molecule has 7 atom stereocenters. The average molecular weight is 423 g/mol. The number of carbonyl (C=O) groups excluding carboxylic acids is 1. The number of esters is 1. The summed E-state index contributed by atoms with van der Waals surface area (Å²) in [6.45, 7) is 5.94. The van der Waals surface area contributed by atoms with E-state index in [0.717, 1.165) is 24.8 Å². The van der Waals surface area contributed by atoms with Crippen molar-refractivity contribution in [1.82, 2.24) is 0 Å². The average Bonchev–Trinajstić information content (AvgIpc) is 3.06. The number of aliphatic hydroxyl groups is 1. The zero-order valence-corrected chi connectivity index (χ0v) is 18.0. The summed E-state index contributed by atoms with van der Waals surface area (Å²) in [5.41, 5.74) is 0.678. The van der Waals surface area contributed by atoms with E-state index in [4.69, 9.17) is 8.92 Å². The minimum absolute atomic E-state index is 0.0822. The molecule has 160 valence electrons. The van der Waals surface area contributed by atoms with Crippen LogP contribution in [-0.2, 0) is 23.8 Å². The largest absolute Gasteiger partial charge is 0.462 e. The van der Waals surface area contributed by atoms with Crippen molar-refractivity contribution in [2.45, 2.75) is 63.6 Å². The van der Waals surface area contributed by atoms with E-state index in [1.54, 1.807) is 12.1 Å². The van der Waals surface area contributed by atoms with Gasteiger partial charge in [-0.05, 0) is 62.0 Å². The maximum atomic E-state index is 12.6. The Morgan fingerprint density at radius 3 is 2.62 bits per heavy atom. The van der Waals surface area contributed by atoms with E-state index in [0.29, 0.717) is 18.3 Å². The Kier molecular flexibility index (Phi) is 5.28. The van der Waals surface area contributed by atoms with Crippen molar-refractivity contribution in [1.29, 1.82) is 0 Å². The number of hydrogen-bond acceptors (Lipinski definition) is 6. The van der Waals surface area contributed by atoms with Crippen LogP contribution in [0.3, 0.4) is 0 Å². The molecule has 1 heterocycles. The van der Waals surface area contributed by atoms with Crippen LogP contribution in [0, 0.1) is 36.0 Å². The molecule has 2 aliphatic carbocycles. The SMILES string of the molecule is Cc1ccc(S(=O)(=O)OCC2C(=O)O[C@H]3C[C@@H](C)[C@@H]4CC[C@H](O)[C@@]4(C)C[C@H]23)cc1. The van der Waals surface area contributed by atoms with Gasteiger partial charge >= 0.3 is 5.97 Å². The van der Waals surface area contributed by atoms with Crippen molar-refractivity contribution in [2.24, 2.45) is 29.1 Å². The molecule has 1 unspecified atom stereocenters. The van der Waals surface area contributed by atoms with Crippen LogP contribution >= 0.6 is 0 Å². The lowest BCUT2D eigenvalue weighted by atomic mass is 9.69. The molecule has 0 spiro atoms. The van der Waals surface area contributed by atoms with Gasteiger partial charge in [0.15, 0.2) is 0 Å². The lowest BCUT2D eigenvalue weighted by Gasteiger charge is -2.37. The van der Waals surface area contributed by atoms with Crippen molar-refractivity contribution >= 4 is 16.1 Å². The van der Waals surface area contributed by atoms with Crippen LogP contribution in [0.1, 0.15) is 45.1 Å². The molecule has 1 saturated heterocycles. The van der Waals surface area contributed by atoms with Gasteiger partial charge in [-0.3, -0.25) is 8.98 Å². The summed E-state index contributed by atoms with van der Waals surface area (Å²) >= 11 is 0. The summed E-state index contributed by atoms with van der Waals surface area (Å²) in [6, 6.07) is 6.44. The fourth-order valence-electron chi connectivity index (χ4n) is 5.89. The summed E-state index contributed by atoms with van der Waals surface area (Å²) < 4.78 is 36.1. The molecule has 0 aromatic heterocycles. The van der Waals surface area contributed by atoms with Crippen LogP contribution in [0.2, 0.25) is 0 Å². The van der Waals surface area contributed by atoms with E-state index in [1.165, 1.54) is 12.1 Å². The molecule has 3 fully saturated rings. The standard InChI is InChI=1S/C22H30O6S/c1-13-4-6-15(7-5-13)29(25,26)27-12-17-16-11-22(3)18(8-9-20(22)23)14(2)10-19(16)28-21(17)24/h4-7,14,16-20,23H,8-12H2,1-3H3/t14-,16-,17?,18+,19+,20+,22+/m1/s1. The Hall–Kier alpha value is -1.44. The van der Waals surface area contributed by atoms with E-state index < -0.39 is 22.1 Å². The zero-order valence-electron chi connectivity index (χ0n) is 17.2. The second-order valence-electron chi connectivity index (χ2n) is 9.42. The van der Waals surface area contributed by atoms with Crippen LogP contribution in [0.4, 0.5) is 0 Å². The number of fused-ring (bicyclic) bond motifs is 2. The summed E-state index contributed by atoms with van der Waals surface area (Å²) in [5, 5.41) is 10.7. The van der Waals surface area contributed by atoms with Gasteiger partial charge in [-0.15, -0.1) is 0 Å². The van der Waals surface area contributed by atoms with Gasteiger partial charge in [0.1, 0.15) is 6.10 Å². The first-order valence-electron chi connectivity index (χ1n) is 10.5. The molecule has 1 aliphatic heterocycles. The molecular formula is C22H30O6S. The van der Waals surface area contributed by atoms with Crippen molar-refractivity contribution < 1.29 is 27.2 Å². The minimum atomic E-state index is -3.95. The predicted octanol–water partition coefficient (Wildman–Crippen LogP) is 3.07. The van der Waals surface area contributed by atoms with Crippen molar-refractivity contribution in [3.05, 3.63) is 29.8 Å². The third kappa shape index (κ3) is 3.62. The van der Waals surface area contributed by atoms with Gasteiger partial charge < -0.3 is 9.84 Å². The topological polar surface area (TPSA) is 89.9 Å². The second-order valence-corrected chi connectivity index (χ2v) is 11.0. The second kappa shape index (κ2) is 7.36. The number of carbonyl (C=O) groups is 1. The van der Waals surface area contributed by atoms with Crippen LogP contribution in [0.15, 0.2) is 29.2 Å². The number of aryl methyl sites for hydroxylation is 1. The Morgan fingerprint density at radius 2 is 1.93 bits per heavy atom. The number of ether oxygens (including phenoxy) is 1. The molecule has 1 N–H and O–H groups in total. The predicted molar refractivity (Wildman–Crippen MR) is 106 cm³/mol. The summed E-state index contributed by atoms with van der Waals surface area (Å²) in [5.74, 6) is -0.423. The molecule has 1 aromatic carbocycles. The number of aliphatic hydroxyl groups excluding tert-OH is 1. The van der Waals surface area contributed by atoms with E-state index in [1.807, 2.05) is 6.92 Å². The van der Waals surface area contributed by atoms with Gasteiger partial charge in [0, 0.05) is 5.92 Å². The lowest BCUT2D eigenvalue weighted by Crippen LogP contribution is -2.37. The molecule has 6 nitrogen and oxygen atoms in total. The van der Waals surface area contributed by atoms with Crippen LogP contribution in [0.25, 0.3) is 0 Å². The van der Waals surface area contributed by atoms with Gasteiger partial charge in [-0.25, -0.2) is 0 Å². The fraction of sp³-hybridized carbons (Fsp3) is 0.682. The number of hydrogen-bond donors (Lipinski definition) is 1. The summed E-state index contributed by atoms with van der Waals surface area (Å²) in [6.07, 6.45) is 2.53. The molecule has 0 bridgehead atoms. The Morgan fingerprint density at radius 1 is 1.24 bits per heavy atom.